The first-order valence-corrected chi connectivity index (χ1v) is 5.66. The van der Waals surface area contributed by atoms with Gasteiger partial charge in [-0.05, 0) is 33.0 Å². The lowest BCUT2D eigenvalue weighted by Crippen LogP contribution is -2.37. The predicted octanol–water partition coefficient (Wildman–Crippen LogP) is 2.61. The maximum atomic E-state index is 13.4. The Labute approximate surface area is 98.4 Å². The Morgan fingerprint density at radius 3 is 2.18 bits per heavy atom. The second-order valence-corrected chi connectivity index (χ2v) is 4.47. The summed E-state index contributed by atoms with van der Waals surface area (Å²) in [5.74, 6) is -2.64. The minimum Gasteiger partial charge on any atom is -0.377 e. The topological polar surface area (TPSA) is 15.3 Å². The number of hydrogen-bond donors (Lipinski definition) is 1. The summed E-state index contributed by atoms with van der Waals surface area (Å²) in [6.45, 7) is 1.78. The van der Waals surface area contributed by atoms with E-state index < -0.39 is 17.5 Å². The molecule has 0 aromatic heterocycles. The molecule has 94 valence electrons. The smallest absolute Gasteiger partial charge is 0.152 e. The quantitative estimate of drug-likeness (QED) is 0.860. The van der Waals surface area contributed by atoms with Gasteiger partial charge in [-0.25, -0.2) is 13.2 Å². The van der Waals surface area contributed by atoms with Crippen LogP contribution in [-0.4, -0.2) is 31.1 Å². The second kappa shape index (κ2) is 4.96. The monoisotopic (exact) mass is 244 g/mol. The van der Waals surface area contributed by atoms with Crippen molar-refractivity contribution >= 4 is 5.69 Å². The molecule has 1 aromatic rings. The molecule has 0 radical (unpaired) electrons. The molecule has 0 aliphatic carbocycles. The van der Waals surface area contributed by atoms with E-state index in [0.717, 1.165) is 25.9 Å². The molecule has 1 N–H and O–H groups in total. The lowest BCUT2D eigenvalue weighted by atomic mass is 10.1. The van der Waals surface area contributed by atoms with E-state index in [2.05, 4.69) is 10.2 Å². The fraction of sp³-hybridized carbons (Fsp3) is 0.500. The van der Waals surface area contributed by atoms with Crippen molar-refractivity contribution in [2.24, 2.45) is 0 Å². The lowest BCUT2D eigenvalue weighted by molar-refractivity contribution is 0.263. The summed E-state index contributed by atoms with van der Waals surface area (Å²) in [5.41, 5.74) is -0.221. The van der Waals surface area contributed by atoms with Gasteiger partial charge in [0.2, 0.25) is 0 Å². The van der Waals surface area contributed by atoms with Gasteiger partial charge in [0.1, 0.15) is 11.5 Å². The molecule has 0 unspecified atom stereocenters. The van der Waals surface area contributed by atoms with Gasteiger partial charge in [-0.2, -0.15) is 0 Å². The van der Waals surface area contributed by atoms with Crippen LogP contribution in [0, 0.1) is 17.5 Å². The van der Waals surface area contributed by atoms with E-state index in [4.69, 9.17) is 0 Å². The Bertz CT molecular complexity index is 378. The molecule has 1 saturated heterocycles. The molecule has 1 aromatic carbocycles. The number of halogens is 3. The molecule has 0 spiro atoms. The van der Waals surface area contributed by atoms with Crippen molar-refractivity contribution in [3.63, 3.8) is 0 Å². The van der Waals surface area contributed by atoms with Gasteiger partial charge in [-0.1, -0.05) is 0 Å². The van der Waals surface area contributed by atoms with E-state index in [1.807, 2.05) is 7.05 Å². The van der Waals surface area contributed by atoms with Gasteiger partial charge < -0.3 is 10.2 Å². The summed E-state index contributed by atoms with van der Waals surface area (Å²) >= 11 is 0. The highest BCUT2D eigenvalue weighted by molar-refractivity contribution is 5.47. The van der Waals surface area contributed by atoms with Crippen molar-refractivity contribution in [2.45, 2.75) is 18.9 Å². The Hall–Kier alpha value is -1.23. The molecular formula is C12H15F3N2. The van der Waals surface area contributed by atoms with Gasteiger partial charge in [0, 0.05) is 18.2 Å². The third kappa shape index (κ3) is 2.91. The number of benzene rings is 1. The van der Waals surface area contributed by atoms with Crippen molar-refractivity contribution in [1.29, 1.82) is 0 Å². The number of nitrogens with zero attached hydrogens (tertiary/aromatic N) is 1. The Balaban J connectivity index is 2.08. The van der Waals surface area contributed by atoms with Crippen molar-refractivity contribution < 1.29 is 13.2 Å². The Morgan fingerprint density at radius 2 is 1.65 bits per heavy atom. The van der Waals surface area contributed by atoms with E-state index in [9.17, 15) is 13.2 Å². The first-order chi connectivity index (χ1) is 8.06. The van der Waals surface area contributed by atoms with E-state index in [-0.39, 0.29) is 11.7 Å². The summed E-state index contributed by atoms with van der Waals surface area (Å²) in [7, 11) is 2.01. The predicted molar refractivity (Wildman–Crippen MR) is 60.5 cm³/mol. The number of anilines is 1. The average molecular weight is 244 g/mol. The second-order valence-electron chi connectivity index (χ2n) is 4.47. The fourth-order valence-electron chi connectivity index (χ4n) is 2.04. The normalized spacial score (nSPS) is 18.4. The zero-order valence-corrected chi connectivity index (χ0v) is 9.64. The van der Waals surface area contributed by atoms with Gasteiger partial charge >= 0.3 is 0 Å². The summed E-state index contributed by atoms with van der Waals surface area (Å²) in [5, 5.41) is 2.82. The molecule has 0 atom stereocenters. The first-order valence-electron chi connectivity index (χ1n) is 5.66. The molecule has 2 rings (SSSR count). The number of hydrogen-bond acceptors (Lipinski definition) is 2. The van der Waals surface area contributed by atoms with E-state index in [0.29, 0.717) is 12.1 Å². The maximum absolute atomic E-state index is 13.4. The van der Waals surface area contributed by atoms with Crippen molar-refractivity contribution in [3.8, 4) is 0 Å². The van der Waals surface area contributed by atoms with E-state index >= 15 is 0 Å². The SMILES string of the molecule is CN1CCC(Nc2c(F)cc(F)cc2F)CC1. The van der Waals surface area contributed by atoms with Gasteiger partial charge in [0.25, 0.3) is 0 Å². The highest BCUT2D eigenvalue weighted by Gasteiger charge is 2.19. The van der Waals surface area contributed by atoms with E-state index in [1.54, 1.807) is 0 Å². The molecule has 17 heavy (non-hydrogen) atoms. The minimum absolute atomic E-state index is 0.0423. The molecule has 2 nitrogen and oxygen atoms in total. The number of rotatable bonds is 2. The van der Waals surface area contributed by atoms with Crippen molar-refractivity contribution in [3.05, 3.63) is 29.6 Å². The molecule has 1 heterocycles. The summed E-state index contributed by atoms with van der Waals surface area (Å²) < 4.78 is 39.5. The molecule has 5 heteroatoms. The molecule has 0 amide bonds. The van der Waals surface area contributed by atoms with Gasteiger partial charge in [-0.3, -0.25) is 0 Å². The van der Waals surface area contributed by atoms with Crippen LogP contribution in [0.2, 0.25) is 0 Å². The van der Waals surface area contributed by atoms with Gasteiger partial charge in [0.15, 0.2) is 11.6 Å². The maximum Gasteiger partial charge on any atom is 0.152 e. The molecule has 1 aliphatic rings. The zero-order chi connectivity index (χ0) is 12.4. The third-order valence-corrected chi connectivity index (χ3v) is 3.07. The summed E-state index contributed by atoms with van der Waals surface area (Å²) in [6.07, 6.45) is 1.65. The molecular weight excluding hydrogens is 229 g/mol. The molecule has 0 bridgehead atoms. The summed E-state index contributed by atoms with van der Waals surface area (Å²) in [6, 6.07) is 1.43. The number of likely N-dealkylation sites (tertiary alicyclic amines) is 1. The van der Waals surface area contributed by atoms with Crippen LogP contribution < -0.4 is 5.32 Å². The molecule has 1 aliphatic heterocycles. The van der Waals surface area contributed by atoms with Crippen molar-refractivity contribution in [2.75, 3.05) is 25.5 Å². The Kier molecular flexibility index (Phi) is 3.57. The van der Waals surface area contributed by atoms with Crippen molar-refractivity contribution in [1.82, 2.24) is 4.90 Å². The number of piperidine rings is 1. The van der Waals surface area contributed by atoms with Crippen LogP contribution in [0.4, 0.5) is 18.9 Å². The highest BCUT2D eigenvalue weighted by Crippen LogP contribution is 2.23. The van der Waals surface area contributed by atoms with Crippen LogP contribution in [0.5, 0.6) is 0 Å². The largest absolute Gasteiger partial charge is 0.377 e. The van der Waals surface area contributed by atoms with Gasteiger partial charge in [0.05, 0.1) is 0 Å². The van der Waals surface area contributed by atoms with Crippen LogP contribution in [0.3, 0.4) is 0 Å². The lowest BCUT2D eigenvalue weighted by Gasteiger charge is -2.30. The molecule has 1 fully saturated rings. The van der Waals surface area contributed by atoms with Crippen LogP contribution in [0.25, 0.3) is 0 Å². The van der Waals surface area contributed by atoms with Crippen LogP contribution in [-0.2, 0) is 0 Å². The minimum atomic E-state index is -0.895. The Morgan fingerprint density at radius 1 is 1.12 bits per heavy atom. The van der Waals surface area contributed by atoms with Crippen LogP contribution in [0.15, 0.2) is 12.1 Å². The average Bonchev–Trinajstić information content (AvgIpc) is 2.26. The first kappa shape index (κ1) is 12.2. The summed E-state index contributed by atoms with van der Waals surface area (Å²) in [4.78, 5) is 2.16. The fourth-order valence-corrected chi connectivity index (χ4v) is 2.04. The third-order valence-electron chi connectivity index (χ3n) is 3.07. The number of nitrogens with one attached hydrogen (secondary N) is 1. The van der Waals surface area contributed by atoms with Crippen LogP contribution >= 0.6 is 0 Å². The van der Waals surface area contributed by atoms with E-state index in [1.165, 1.54) is 0 Å². The van der Waals surface area contributed by atoms with Crippen LogP contribution in [0.1, 0.15) is 12.8 Å². The molecule has 0 saturated carbocycles. The highest BCUT2D eigenvalue weighted by atomic mass is 19.1. The van der Waals surface area contributed by atoms with Gasteiger partial charge in [-0.15, -0.1) is 0 Å². The zero-order valence-electron chi connectivity index (χ0n) is 9.64. The standard InChI is InChI=1S/C12H15F3N2/c1-17-4-2-9(3-5-17)16-12-10(14)6-8(13)7-11(12)15/h6-7,9,16H,2-5H2,1H3.